The highest BCUT2D eigenvalue weighted by atomic mass is 16.5. The highest BCUT2D eigenvalue weighted by Gasteiger charge is 2.25. The van der Waals surface area contributed by atoms with Crippen LogP contribution in [0.5, 0.6) is 6.01 Å². The number of piperazine rings is 1. The molecule has 0 saturated carbocycles. The van der Waals surface area contributed by atoms with Gasteiger partial charge < -0.3 is 4.74 Å². The van der Waals surface area contributed by atoms with Gasteiger partial charge in [-0.2, -0.15) is 0 Å². The number of ether oxygens (including phenoxy) is 1. The Hall–Kier alpha value is -1.98. The summed E-state index contributed by atoms with van der Waals surface area (Å²) in [5.41, 5.74) is 2.50. The molecular weight excluding hydrogens is 276 g/mol. The van der Waals surface area contributed by atoms with Crippen LogP contribution in [0.1, 0.15) is 17.2 Å². The van der Waals surface area contributed by atoms with E-state index >= 15 is 0 Å². The van der Waals surface area contributed by atoms with Gasteiger partial charge in [0.25, 0.3) is 0 Å². The van der Waals surface area contributed by atoms with Crippen molar-refractivity contribution in [2.24, 2.45) is 0 Å². The Balaban J connectivity index is 1.67. The summed E-state index contributed by atoms with van der Waals surface area (Å²) in [4.78, 5) is 13.3. The largest absolute Gasteiger partial charge is 0.467 e. The Kier molecular flexibility index (Phi) is 4.65. The van der Waals surface area contributed by atoms with Gasteiger partial charge in [0.2, 0.25) is 0 Å². The summed E-state index contributed by atoms with van der Waals surface area (Å²) in [6.07, 6.45) is 3.70. The first kappa shape index (κ1) is 14.9. The maximum Gasteiger partial charge on any atom is 0.316 e. The van der Waals surface area contributed by atoms with Crippen molar-refractivity contribution in [3.05, 3.63) is 53.9 Å². The molecule has 0 spiro atoms. The van der Waals surface area contributed by atoms with E-state index in [0.29, 0.717) is 12.1 Å². The Bertz CT molecular complexity index is 587. The number of methoxy groups -OCH3 is 1. The summed E-state index contributed by atoms with van der Waals surface area (Å²) in [5.74, 6) is 0. The lowest BCUT2D eigenvalue weighted by Crippen LogP contribution is -2.46. The van der Waals surface area contributed by atoms with Crippen LogP contribution in [0.3, 0.4) is 0 Å². The minimum Gasteiger partial charge on any atom is -0.467 e. The van der Waals surface area contributed by atoms with Crippen molar-refractivity contribution in [1.82, 2.24) is 19.8 Å². The van der Waals surface area contributed by atoms with Crippen LogP contribution >= 0.6 is 0 Å². The summed E-state index contributed by atoms with van der Waals surface area (Å²) < 4.78 is 5.01. The summed E-state index contributed by atoms with van der Waals surface area (Å²) in [6, 6.07) is 11.6. The molecule has 5 nitrogen and oxygen atoms in total. The van der Waals surface area contributed by atoms with Crippen LogP contribution in [0.15, 0.2) is 42.7 Å². The van der Waals surface area contributed by atoms with Gasteiger partial charge in [-0.25, -0.2) is 9.97 Å². The Morgan fingerprint density at radius 1 is 1.14 bits per heavy atom. The molecule has 3 rings (SSSR count). The zero-order valence-electron chi connectivity index (χ0n) is 13.1. The summed E-state index contributed by atoms with van der Waals surface area (Å²) in [7, 11) is 3.78. The molecule has 116 valence electrons. The second-order valence-electron chi connectivity index (χ2n) is 5.72. The molecule has 2 aromatic rings. The summed E-state index contributed by atoms with van der Waals surface area (Å²) in [5, 5.41) is 0. The third kappa shape index (κ3) is 3.43. The highest BCUT2D eigenvalue weighted by Crippen LogP contribution is 2.24. The minimum atomic E-state index is 0.421. The van der Waals surface area contributed by atoms with Crippen molar-refractivity contribution >= 4 is 0 Å². The van der Waals surface area contributed by atoms with Crippen LogP contribution < -0.4 is 4.74 Å². The van der Waals surface area contributed by atoms with E-state index in [2.05, 4.69) is 57.1 Å². The van der Waals surface area contributed by atoms with Crippen molar-refractivity contribution < 1.29 is 4.74 Å². The van der Waals surface area contributed by atoms with Crippen LogP contribution in [0.2, 0.25) is 0 Å². The monoisotopic (exact) mass is 298 g/mol. The van der Waals surface area contributed by atoms with Crippen molar-refractivity contribution in [3.63, 3.8) is 0 Å². The fraction of sp³-hybridized carbons (Fsp3) is 0.412. The topological polar surface area (TPSA) is 41.5 Å². The number of likely N-dealkylation sites (N-methyl/N-ethyl adjacent to an activating group) is 1. The number of nitrogens with zero attached hydrogens (tertiary/aromatic N) is 4. The first-order valence-corrected chi connectivity index (χ1v) is 7.58. The smallest absolute Gasteiger partial charge is 0.316 e. The molecule has 1 aliphatic rings. The molecule has 1 aromatic heterocycles. The van der Waals surface area contributed by atoms with Crippen LogP contribution in [0, 0.1) is 0 Å². The molecule has 1 aromatic carbocycles. The number of aromatic nitrogens is 2. The average Bonchev–Trinajstić information content (AvgIpc) is 2.58. The Labute approximate surface area is 131 Å². The Morgan fingerprint density at radius 3 is 2.55 bits per heavy atom. The second-order valence-corrected chi connectivity index (χ2v) is 5.72. The van der Waals surface area contributed by atoms with Gasteiger partial charge in [0.15, 0.2) is 0 Å². The van der Waals surface area contributed by atoms with Crippen molar-refractivity contribution in [2.45, 2.75) is 12.6 Å². The molecule has 1 saturated heterocycles. The average molecular weight is 298 g/mol. The third-order valence-corrected chi connectivity index (χ3v) is 4.19. The molecule has 1 atom stereocenters. The van der Waals surface area contributed by atoms with Crippen molar-refractivity contribution in [2.75, 3.05) is 33.8 Å². The van der Waals surface area contributed by atoms with Gasteiger partial charge in [0, 0.05) is 50.2 Å². The van der Waals surface area contributed by atoms with Gasteiger partial charge >= 0.3 is 6.01 Å². The molecule has 1 aliphatic heterocycles. The zero-order chi connectivity index (χ0) is 15.4. The standard InChI is InChI=1S/C17H22N4O/c1-20-8-9-21(12-14-10-18-17(22-2)19-11-14)13-16(20)15-6-4-3-5-7-15/h3-7,10-11,16H,8-9,12-13H2,1-2H3. The fourth-order valence-corrected chi connectivity index (χ4v) is 2.90. The number of rotatable bonds is 4. The van der Waals surface area contributed by atoms with Crippen molar-refractivity contribution in [1.29, 1.82) is 0 Å². The van der Waals surface area contributed by atoms with Crippen LogP contribution in [0.25, 0.3) is 0 Å². The van der Waals surface area contributed by atoms with E-state index in [1.807, 2.05) is 12.4 Å². The first-order chi connectivity index (χ1) is 10.8. The van der Waals surface area contributed by atoms with Gasteiger partial charge in [-0.1, -0.05) is 30.3 Å². The molecule has 0 aliphatic carbocycles. The maximum absolute atomic E-state index is 5.01. The molecule has 0 amide bonds. The normalized spacial score (nSPS) is 20.0. The van der Waals surface area contributed by atoms with Gasteiger partial charge in [-0.3, -0.25) is 9.80 Å². The van der Waals surface area contributed by atoms with Gasteiger partial charge in [0.05, 0.1) is 7.11 Å². The lowest BCUT2D eigenvalue weighted by molar-refractivity contribution is 0.0903. The van der Waals surface area contributed by atoms with E-state index in [-0.39, 0.29) is 0 Å². The summed E-state index contributed by atoms with van der Waals surface area (Å²) in [6.45, 7) is 4.02. The first-order valence-electron chi connectivity index (χ1n) is 7.58. The number of hydrogen-bond acceptors (Lipinski definition) is 5. The van der Waals surface area contributed by atoms with Crippen LogP contribution in [0.4, 0.5) is 0 Å². The molecule has 22 heavy (non-hydrogen) atoms. The number of hydrogen-bond donors (Lipinski definition) is 0. The third-order valence-electron chi connectivity index (χ3n) is 4.19. The molecule has 0 radical (unpaired) electrons. The SMILES string of the molecule is COc1ncc(CN2CCN(C)C(c3ccccc3)C2)cn1. The molecule has 2 heterocycles. The van der Waals surface area contributed by atoms with Crippen LogP contribution in [-0.4, -0.2) is 53.6 Å². The number of benzene rings is 1. The lowest BCUT2D eigenvalue weighted by Gasteiger charge is -2.39. The summed E-state index contributed by atoms with van der Waals surface area (Å²) >= 11 is 0. The molecule has 0 N–H and O–H groups in total. The van der Waals surface area contributed by atoms with Gasteiger partial charge in [-0.05, 0) is 12.6 Å². The van der Waals surface area contributed by atoms with Crippen LogP contribution in [-0.2, 0) is 6.54 Å². The van der Waals surface area contributed by atoms with E-state index in [9.17, 15) is 0 Å². The quantitative estimate of drug-likeness (QED) is 0.863. The van der Waals surface area contributed by atoms with Gasteiger partial charge in [-0.15, -0.1) is 0 Å². The maximum atomic E-state index is 5.01. The molecule has 5 heteroatoms. The highest BCUT2D eigenvalue weighted by molar-refractivity contribution is 5.20. The minimum absolute atomic E-state index is 0.421. The van der Waals surface area contributed by atoms with Crippen molar-refractivity contribution in [3.8, 4) is 6.01 Å². The zero-order valence-corrected chi connectivity index (χ0v) is 13.1. The van der Waals surface area contributed by atoms with E-state index in [4.69, 9.17) is 4.74 Å². The predicted octanol–water partition coefficient (Wildman–Crippen LogP) is 1.97. The molecule has 1 fully saturated rings. The van der Waals surface area contributed by atoms with E-state index < -0.39 is 0 Å². The fourth-order valence-electron chi connectivity index (χ4n) is 2.90. The van der Waals surface area contributed by atoms with E-state index in [0.717, 1.165) is 31.7 Å². The lowest BCUT2D eigenvalue weighted by atomic mass is 10.0. The van der Waals surface area contributed by atoms with E-state index in [1.54, 1.807) is 7.11 Å². The predicted molar refractivity (Wildman–Crippen MR) is 85.7 cm³/mol. The van der Waals surface area contributed by atoms with E-state index in [1.165, 1.54) is 5.56 Å². The second kappa shape index (κ2) is 6.85. The molecular formula is C17H22N4O. The van der Waals surface area contributed by atoms with Gasteiger partial charge in [0.1, 0.15) is 0 Å². The molecule has 1 unspecified atom stereocenters. The molecule has 0 bridgehead atoms. The Morgan fingerprint density at radius 2 is 1.86 bits per heavy atom.